The molecule has 3 aromatic carbocycles. The molecule has 3 aromatic rings. The number of Topliss-reactive ketones (excluding diaryl/α,β-unsaturated/α-hetero) is 1. The molecule has 1 amide bonds. The standard InChI is InChI=1S/C29H29NO6/c1-17(2)36-22-13-9-20(10-14-22)30-26(19-7-11-21(34-4)12-8-19)25(28(32)29(30)33)27(31)23-16-18(3)6-15-24(23)35-5/h6-17,26,31H,1-5H3/b27-25+. The van der Waals surface area contributed by atoms with Gasteiger partial charge in [-0.3, -0.25) is 14.5 Å². The molecule has 1 fully saturated rings. The van der Waals surface area contributed by atoms with Crippen molar-refractivity contribution < 1.29 is 28.9 Å². The summed E-state index contributed by atoms with van der Waals surface area (Å²) in [5.41, 5.74) is 2.34. The van der Waals surface area contributed by atoms with Crippen molar-refractivity contribution in [2.45, 2.75) is 32.9 Å². The fraction of sp³-hybridized carbons (Fsp3) is 0.241. The third-order valence-electron chi connectivity index (χ3n) is 5.97. The molecule has 1 aliphatic rings. The highest BCUT2D eigenvalue weighted by molar-refractivity contribution is 6.51. The zero-order valence-corrected chi connectivity index (χ0v) is 20.9. The quantitative estimate of drug-likeness (QED) is 0.272. The highest BCUT2D eigenvalue weighted by atomic mass is 16.5. The molecule has 0 spiro atoms. The summed E-state index contributed by atoms with van der Waals surface area (Å²) in [6.07, 6.45) is -0.00585. The lowest BCUT2D eigenvalue weighted by Gasteiger charge is -2.26. The third-order valence-corrected chi connectivity index (χ3v) is 5.97. The van der Waals surface area contributed by atoms with Gasteiger partial charge < -0.3 is 19.3 Å². The predicted octanol–water partition coefficient (Wildman–Crippen LogP) is 5.43. The van der Waals surface area contributed by atoms with Crippen molar-refractivity contribution in [1.82, 2.24) is 0 Å². The van der Waals surface area contributed by atoms with Crippen molar-refractivity contribution in [2.75, 3.05) is 19.1 Å². The number of anilines is 1. The average molecular weight is 488 g/mol. The van der Waals surface area contributed by atoms with Gasteiger partial charge in [-0.05, 0) is 74.9 Å². The topological polar surface area (TPSA) is 85.3 Å². The van der Waals surface area contributed by atoms with Crippen LogP contribution in [-0.2, 0) is 9.59 Å². The van der Waals surface area contributed by atoms with Crippen LogP contribution in [0.25, 0.3) is 5.76 Å². The van der Waals surface area contributed by atoms with Crippen molar-refractivity contribution in [3.63, 3.8) is 0 Å². The first kappa shape index (κ1) is 24.9. The molecular formula is C29H29NO6. The number of nitrogens with zero attached hydrogens (tertiary/aromatic N) is 1. The first-order valence-electron chi connectivity index (χ1n) is 11.6. The fourth-order valence-corrected chi connectivity index (χ4v) is 4.31. The van der Waals surface area contributed by atoms with E-state index in [0.29, 0.717) is 34.1 Å². The van der Waals surface area contributed by atoms with Gasteiger partial charge in [-0.1, -0.05) is 23.8 Å². The summed E-state index contributed by atoms with van der Waals surface area (Å²) < 4.78 is 16.4. The Morgan fingerprint density at radius 1 is 0.889 bits per heavy atom. The first-order valence-corrected chi connectivity index (χ1v) is 11.6. The van der Waals surface area contributed by atoms with E-state index >= 15 is 0 Å². The number of ether oxygens (including phenoxy) is 3. The minimum absolute atomic E-state index is 0.00585. The molecule has 1 atom stereocenters. The number of aliphatic hydroxyl groups is 1. The minimum atomic E-state index is -0.863. The Morgan fingerprint density at radius 3 is 2.11 bits per heavy atom. The van der Waals surface area contributed by atoms with Gasteiger partial charge in [0.05, 0.1) is 37.5 Å². The van der Waals surface area contributed by atoms with E-state index in [1.54, 1.807) is 67.8 Å². The number of carbonyl (C=O) groups is 2. The Kier molecular flexibility index (Phi) is 7.01. The van der Waals surface area contributed by atoms with Crippen LogP contribution in [0.4, 0.5) is 5.69 Å². The monoisotopic (exact) mass is 487 g/mol. The van der Waals surface area contributed by atoms with Crippen molar-refractivity contribution in [2.24, 2.45) is 0 Å². The fourth-order valence-electron chi connectivity index (χ4n) is 4.31. The molecule has 1 unspecified atom stereocenters. The SMILES string of the molecule is COc1ccc(C2/C(=C(\O)c3cc(C)ccc3OC)C(=O)C(=O)N2c2ccc(OC(C)C)cc2)cc1. The second-order valence-electron chi connectivity index (χ2n) is 8.81. The number of hydrogen-bond donors (Lipinski definition) is 1. The maximum Gasteiger partial charge on any atom is 0.300 e. The van der Waals surface area contributed by atoms with Crippen LogP contribution in [0.15, 0.2) is 72.3 Å². The summed E-state index contributed by atoms with van der Waals surface area (Å²) >= 11 is 0. The Hall–Kier alpha value is -4.26. The lowest BCUT2D eigenvalue weighted by atomic mass is 9.94. The molecule has 1 saturated heterocycles. The number of amides is 1. The maximum absolute atomic E-state index is 13.4. The number of methoxy groups -OCH3 is 2. The Morgan fingerprint density at radius 2 is 1.53 bits per heavy atom. The summed E-state index contributed by atoms with van der Waals surface area (Å²) in [6.45, 7) is 5.72. The molecule has 1 aliphatic heterocycles. The summed E-state index contributed by atoms with van der Waals surface area (Å²) in [5, 5.41) is 11.4. The van der Waals surface area contributed by atoms with Crippen LogP contribution in [0.5, 0.6) is 17.2 Å². The number of ketones is 1. The normalized spacial score (nSPS) is 16.9. The second-order valence-corrected chi connectivity index (χ2v) is 8.81. The van der Waals surface area contributed by atoms with Gasteiger partial charge in [0.25, 0.3) is 11.7 Å². The van der Waals surface area contributed by atoms with E-state index in [1.165, 1.54) is 12.0 Å². The molecule has 36 heavy (non-hydrogen) atoms. The summed E-state index contributed by atoms with van der Waals surface area (Å²) in [7, 11) is 3.05. The predicted molar refractivity (Wildman–Crippen MR) is 138 cm³/mol. The molecule has 4 rings (SSSR count). The van der Waals surface area contributed by atoms with E-state index < -0.39 is 17.7 Å². The molecule has 0 radical (unpaired) electrons. The molecular weight excluding hydrogens is 458 g/mol. The maximum atomic E-state index is 13.4. The van der Waals surface area contributed by atoms with E-state index in [0.717, 1.165) is 5.56 Å². The van der Waals surface area contributed by atoms with E-state index in [9.17, 15) is 14.7 Å². The number of aryl methyl sites for hydroxylation is 1. The smallest absolute Gasteiger partial charge is 0.300 e. The largest absolute Gasteiger partial charge is 0.507 e. The van der Waals surface area contributed by atoms with Crippen LogP contribution in [0, 0.1) is 6.92 Å². The van der Waals surface area contributed by atoms with Gasteiger partial charge in [0.1, 0.15) is 23.0 Å². The van der Waals surface area contributed by atoms with Gasteiger partial charge in [0.15, 0.2) is 0 Å². The number of aliphatic hydroxyl groups excluding tert-OH is 1. The highest BCUT2D eigenvalue weighted by Gasteiger charge is 2.47. The zero-order valence-electron chi connectivity index (χ0n) is 20.9. The van der Waals surface area contributed by atoms with E-state index in [2.05, 4.69) is 0 Å². The van der Waals surface area contributed by atoms with Crippen molar-refractivity contribution >= 4 is 23.1 Å². The molecule has 0 saturated carbocycles. The molecule has 0 aliphatic carbocycles. The molecule has 0 bridgehead atoms. The zero-order chi connectivity index (χ0) is 26.0. The van der Waals surface area contributed by atoms with Crippen LogP contribution in [0.1, 0.15) is 36.6 Å². The van der Waals surface area contributed by atoms with Crippen LogP contribution in [-0.4, -0.2) is 37.1 Å². The first-order chi connectivity index (χ1) is 17.2. The van der Waals surface area contributed by atoms with Crippen LogP contribution in [0.2, 0.25) is 0 Å². The van der Waals surface area contributed by atoms with E-state index in [-0.39, 0.29) is 17.4 Å². The minimum Gasteiger partial charge on any atom is -0.507 e. The van der Waals surface area contributed by atoms with Crippen LogP contribution in [0.3, 0.4) is 0 Å². The molecule has 0 aromatic heterocycles. The number of hydrogen-bond acceptors (Lipinski definition) is 6. The van der Waals surface area contributed by atoms with E-state index in [4.69, 9.17) is 14.2 Å². The Bertz CT molecular complexity index is 1310. The molecule has 1 heterocycles. The second kappa shape index (κ2) is 10.2. The highest BCUT2D eigenvalue weighted by Crippen LogP contribution is 2.44. The number of rotatable bonds is 7. The van der Waals surface area contributed by atoms with Crippen LogP contribution >= 0.6 is 0 Å². The number of benzene rings is 3. The van der Waals surface area contributed by atoms with Gasteiger partial charge in [-0.2, -0.15) is 0 Å². The van der Waals surface area contributed by atoms with Gasteiger partial charge >= 0.3 is 0 Å². The van der Waals surface area contributed by atoms with Crippen molar-refractivity contribution in [3.05, 3.63) is 89.0 Å². The van der Waals surface area contributed by atoms with Gasteiger partial charge in [-0.15, -0.1) is 0 Å². The molecule has 7 heteroatoms. The summed E-state index contributed by atoms with van der Waals surface area (Å²) in [4.78, 5) is 28.2. The van der Waals surface area contributed by atoms with Gasteiger partial charge in [0.2, 0.25) is 0 Å². The summed E-state index contributed by atoms with van der Waals surface area (Å²) in [5.74, 6) is -0.132. The van der Waals surface area contributed by atoms with Crippen LogP contribution < -0.4 is 19.1 Å². The number of carbonyl (C=O) groups excluding carboxylic acids is 2. The lowest BCUT2D eigenvalue weighted by molar-refractivity contribution is -0.132. The van der Waals surface area contributed by atoms with Crippen molar-refractivity contribution in [1.29, 1.82) is 0 Å². The lowest BCUT2D eigenvalue weighted by Crippen LogP contribution is -2.29. The van der Waals surface area contributed by atoms with E-state index in [1.807, 2.05) is 26.8 Å². The Labute approximate surface area is 210 Å². The summed E-state index contributed by atoms with van der Waals surface area (Å²) in [6, 6.07) is 18.4. The van der Waals surface area contributed by atoms with Gasteiger partial charge in [-0.25, -0.2) is 0 Å². The Balaban J connectivity index is 1.91. The van der Waals surface area contributed by atoms with Crippen molar-refractivity contribution in [3.8, 4) is 17.2 Å². The molecule has 186 valence electrons. The molecule has 1 N–H and O–H groups in total. The average Bonchev–Trinajstić information content (AvgIpc) is 3.14. The third kappa shape index (κ3) is 4.64. The molecule has 7 nitrogen and oxygen atoms in total. The van der Waals surface area contributed by atoms with Gasteiger partial charge in [0, 0.05) is 5.69 Å².